The van der Waals surface area contributed by atoms with Crippen LogP contribution in [0, 0.1) is 13.8 Å². The Bertz CT molecular complexity index is 1150. The smallest absolute Gasteiger partial charge is 0.230 e. The number of rotatable bonds is 3. The number of pyridine rings is 1. The molecule has 2 heterocycles. The summed E-state index contributed by atoms with van der Waals surface area (Å²) < 4.78 is 7.59. The number of ether oxygens (including phenoxy) is 1. The molecule has 0 aliphatic carbocycles. The van der Waals surface area contributed by atoms with Crippen LogP contribution in [-0.2, 0) is 0 Å². The van der Waals surface area contributed by atoms with E-state index in [1.165, 1.54) is 0 Å². The SMILES string of the molecule is Cc1cc(C)n(/C(=N\O)c2cccnc2Oc2ccc3ccccc3c2)n1. The Balaban J connectivity index is 1.75. The quantitative estimate of drug-likeness (QED) is 0.253. The van der Waals surface area contributed by atoms with Crippen molar-refractivity contribution < 1.29 is 9.94 Å². The number of fused-ring (bicyclic) bond motifs is 1. The number of aromatic nitrogens is 3. The van der Waals surface area contributed by atoms with Crippen LogP contribution < -0.4 is 4.74 Å². The number of hydrogen-bond donors (Lipinski definition) is 1. The molecule has 0 aliphatic heterocycles. The maximum absolute atomic E-state index is 9.64. The first-order valence-corrected chi connectivity index (χ1v) is 8.53. The summed E-state index contributed by atoms with van der Waals surface area (Å²) in [5.74, 6) is 1.25. The zero-order chi connectivity index (χ0) is 18.8. The highest BCUT2D eigenvalue weighted by Crippen LogP contribution is 2.27. The summed E-state index contributed by atoms with van der Waals surface area (Å²) >= 11 is 0. The predicted octanol–water partition coefficient (Wildman–Crippen LogP) is 4.52. The molecule has 0 saturated carbocycles. The van der Waals surface area contributed by atoms with Crippen molar-refractivity contribution in [1.82, 2.24) is 14.8 Å². The molecule has 134 valence electrons. The van der Waals surface area contributed by atoms with Gasteiger partial charge in [0.05, 0.1) is 11.3 Å². The molecule has 4 rings (SSSR count). The zero-order valence-electron chi connectivity index (χ0n) is 15.0. The van der Waals surface area contributed by atoms with Crippen LogP contribution in [0.2, 0.25) is 0 Å². The van der Waals surface area contributed by atoms with Gasteiger partial charge in [0.1, 0.15) is 5.75 Å². The van der Waals surface area contributed by atoms with Gasteiger partial charge in [-0.05, 0) is 55.0 Å². The molecule has 6 heteroatoms. The first-order valence-electron chi connectivity index (χ1n) is 8.53. The predicted molar refractivity (Wildman–Crippen MR) is 104 cm³/mol. The van der Waals surface area contributed by atoms with E-state index in [2.05, 4.69) is 15.2 Å². The Kier molecular flexibility index (Phi) is 4.30. The summed E-state index contributed by atoms with van der Waals surface area (Å²) in [5.41, 5.74) is 2.22. The Morgan fingerprint density at radius 1 is 1.00 bits per heavy atom. The molecular formula is C21H18N4O2. The average molecular weight is 358 g/mol. The van der Waals surface area contributed by atoms with Crippen molar-refractivity contribution in [2.24, 2.45) is 5.16 Å². The molecular weight excluding hydrogens is 340 g/mol. The number of hydrogen-bond acceptors (Lipinski definition) is 5. The molecule has 1 N–H and O–H groups in total. The molecule has 4 aromatic rings. The van der Waals surface area contributed by atoms with Crippen molar-refractivity contribution in [1.29, 1.82) is 0 Å². The van der Waals surface area contributed by atoms with Crippen LogP contribution in [-0.4, -0.2) is 25.8 Å². The molecule has 0 aliphatic rings. The molecule has 2 aromatic carbocycles. The summed E-state index contributed by atoms with van der Waals surface area (Å²) in [7, 11) is 0. The van der Waals surface area contributed by atoms with Crippen molar-refractivity contribution in [3.05, 3.63) is 83.8 Å². The van der Waals surface area contributed by atoms with Gasteiger partial charge in [-0.15, -0.1) is 0 Å². The number of aryl methyl sites for hydroxylation is 2. The van der Waals surface area contributed by atoms with E-state index in [4.69, 9.17) is 4.74 Å². The fourth-order valence-electron chi connectivity index (χ4n) is 3.04. The van der Waals surface area contributed by atoms with Gasteiger partial charge in [0, 0.05) is 11.9 Å². The van der Waals surface area contributed by atoms with Crippen LogP contribution in [0.15, 0.2) is 72.0 Å². The van der Waals surface area contributed by atoms with Crippen LogP contribution >= 0.6 is 0 Å². The zero-order valence-corrected chi connectivity index (χ0v) is 15.0. The van der Waals surface area contributed by atoms with Crippen molar-refractivity contribution in [3.8, 4) is 11.6 Å². The number of oxime groups is 1. The number of benzene rings is 2. The van der Waals surface area contributed by atoms with E-state index in [-0.39, 0.29) is 5.84 Å². The third-order valence-corrected chi connectivity index (χ3v) is 4.25. The lowest BCUT2D eigenvalue weighted by Gasteiger charge is -2.12. The monoisotopic (exact) mass is 358 g/mol. The Morgan fingerprint density at radius 3 is 2.56 bits per heavy atom. The van der Waals surface area contributed by atoms with E-state index in [1.807, 2.05) is 62.4 Å². The molecule has 0 amide bonds. The van der Waals surface area contributed by atoms with Gasteiger partial charge < -0.3 is 9.94 Å². The maximum Gasteiger partial charge on any atom is 0.230 e. The molecule has 0 radical (unpaired) electrons. The lowest BCUT2D eigenvalue weighted by molar-refractivity contribution is 0.316. The molecule has 27 heavy (non-hydrogen) atoms. The van der Waals surface area contributed by atoms with Gasteiger partial charge >= 0.3 is 0 Å². The summed E-state index contributed by atoms with van der Waals surface area (Å²) in [5, 5.41) is 19.7. The van der Waals surface area contributed by atoms with Crippen LogP contribution in [0.4, 0.5) is 0 Å². The first-order chi connectivity index (χ1) is 13.2. The molecule has 2 aromatic heterocycles. The molecule has 0 unspecified atom stereocenters. The van der Waals surface area contributed by atoms with Gasteiger partial charge in [-0.3, -0.25) is 0 Å². The minimum absolute atomic E-state index is 0.254. The van der Waals surface area contributed by atoms with Gasteiger partial charge in [0.2, 0.25) is 11.7 Å². The van der Waals surface area contributed by atoms with Gasteiger partial charge in [-0.25, -0.2) is 9.67 Å². The van der Waals surface area contributed by atoms with E-state index in [9.17, 15) is 5.21 Å². The molecule has 0 bridgehead atoms. The molecule has 0 saturated heterocycles. The average Bonchev–Trinajstić information content (AvgIpc) is 3.01. The minimum atomic E-state index is 0.254. The second-order valence-electron chi connectivity index (χ2n) is 6.23. The van der Waals surface area contributed by atoms with Gasteiger partial charge in [0.25, 0.3) is 0 Å². The standard InChI is InChI=1S/C21H18N4O2/c1-14-12-15(2)25(23-14)20(24-26)19-8-5-11-22-21(19)27-18-10-9-16-6-3-4-7-17(16)13-18/h3-13,26H,1-2H3/b24-20-. The van der Waals surface area contributed by atoms with Crippen LogP contribution in [0.3, 0.4) is 0 Å². The third-order valence-electron chi connectivity index (χ3n) is 4.25. The first kappa shape index (κ1) is 16.8. The van der Waals surface area contributed by atoms with E-state index in [0.29, 0.717) is 17.2 Å². The molecule has 6 nitrogen and oxygen atoms in total. The summed E-state index contributed by atoms with van der Waals surface area (Å²) in [6.45, 7) is 3.78. The van der Waals surface area contributed by atoms with Crippen LogP contribution in [0.25, 0.3) is 10.8 Å². The third kappa shape index (κ3) is 3.25. The topological polar surface area (TPSA) is 72.5 Å². The Morgan fingerprint density at radius 2 is 1.81 bits per heavy atom. The molecule has 0 atom stereocenters. The lowest BCUT2D eigenvalue weighted by Crippen LogP contribution is -2.18. The van der Waals surface area contributed by atoms with Gasteiger partial charge in [-0.1, -0.05) is 35.5 Å². The van der Waals surface area contributed by atoms with Crippen molar-refractivity contribution in [2.45, 2.75) is 13.8 Å². The minimum Gasteiger partial charge on any atom is -0.438 e. The van der Waals surface area contributed by atoms with Gasteiger partial charge in [0.15, 0.2) is 0 Å². The van der Waals surface area contributed by atoms with E-state index in [0.717, 1.165) is 22.2 Å². The Labute approximate surface area is 156 Å². The molecule has 0 spiro atoms. The highest BCUT2D eigenvalue weighted by atomic mass is 16.5. The number of nitrogens with zero attached hydrogens (tertiary/aromatic N) is 4. The summed E-state index contributed by atoms with van der Waals surface area (Å²) in [6, 6.07) is 19.3. The van der Waals surface area contributed by atoms with Crippen molar-refractivity contribution in [2.75, 3.05) is 0 Å². The second kappa shape index (κ2) is 6.92. The fourth-order valence-corrected chi connectivity index (χ4v) is 3.04. The maximum atomic E-state index is 9.64. The van der Waals surface area contributed by atoms with Crippen molar-refractivity contribution >= 4 is 16.6 Å². The van der Waals surface area contributed by atoms with Crippen LogP contribution in [0.5, 0.6) is 11.6 Å². The highest BCUT2D eigenvalue weighted by Gasteiger charge is 2.18. The highest BCUT2D eigenvalue weighted by molar-refractivity contribution is 6.01. The van der Waals surface area contributed by atoms with Gasteiger partial charge in [-0.2, -0.15) is 5.10 Å². The lowest BCUT2D eigenvalue weighted by atomic mass is 10.1. The molecule has 0 fully saturated rings. The van der Waals surface area contributed by atoms with E-state index >= 15 is 0 Å². The van der Waals surface area contributed by atoms with Crippen molar-refractivity contribution in [3.63, 3.8) is 0 Å². The van der Waals surface area contributed by atoms with Crippen LogP contribution in [0.1, 0.15) is 17.0 Å². The largest absolute Gasteiger partial charge is 0.438 e. The Hall–Kier alpha value is -3.67. The van der Waals surface area contributed by atoms with E-state index < -0.39 is 0 Å². The van der Waals surface area contributed by atoms with E-state index in [1.54, 1.807) is 23.0 Å². The summed E-state index contributed by atoms with van der Waals surface area (Å²) in [4.78, 5) is 4.33. The normalized spacial score (nSPS) is 11.7. The summed E-state index contributed by atoms with van der Waals surface area (Å²) in [6.07, 6.45) is 1.63. The second-order valence-corrected chi connectivity index (χ2v) is 6.23. The fraction of sp³-hybridized carbons (Fsp3) is 0.0952.